The molecule has 3 N–H and O–H groups in total. The molecular weight excluding hydrogens is 250 g/mol. The molecule has 0 aromatic heterocycles. The van der Waals surface area contributed by atoms with Crippen molar-refractivity contribution in [1.82, 2.24) is 5.32 Å². The summed E-state index contributed by atoms with van der Waals surface area (Å²) in [5.74, 6) is 1.55. The maximum Gasteiger partial charge on any atom is 0.128 e. The van der Waals surface area contributed by atoms with E-state index >= 15 is 0 Å². The highest BCUT2D eigenvalue weighted by Gasteiger charge is 2.15. The molecule has 0 atom stereocenters. The molecule has 0 radical (unpaired) electrons. The summed E-state index contributed by atoms with van der Waals surface area (Å²) in [6.07, 6.45) is 4.89. The van der Waals surface area contributed by atoms with Crippen LogP contribution in [0.2, 0.25) is 0 Å². The largest absolute Gasteiger partial charge is 0.496 e. The summed E-state index contributed by atoms with van der Waals surface area (Å²) in [6.45, 7) is 3.00. The summed E-state index contributed by atoms with van der Waals surface area (Å²) in [5.41, 5.74) is 10.4. The van der Waals surface area contributed by atoms with Crippen LogP contribution in [0.1, 0.15) is 36.5 Å². The van der Waals surface area contributed by atoms with Gasteiger partial charge in [-0.2, -0.15) is 0 Å². The summed E-state index contributed by atoms with van der Waals surface area (Å²) < 4.78 is 5.54. The van der Waals surface area contributed by atoms with E-state index in [0.717, 1.165) is 42.8 Å². The number of nitrogens with two attached hydrogens (primary N) is 1. The average Bonchev–Trinajstić information content (AvgIpc) is 2.47. The van der Waals surface area contributed by atoms with Crippen LogP contribution < -0.4 is 15.8 Å². The van der Waals surface area contributed by atoms with E-state index < -0.39 is 0 Å². The van der Waals surface area contributed by atoms with Gasteiger partial charge in [0.25, 0.3) is 0 Å². The minimum Gasteiger partial charge on any atom is -0.496 e. The Kier molecular flexibility index (Phi) is 4.79. The van der Waals surface area contributed by atoms with E-state index in [1.807, 2.05) is 7.05 Å². The normalized spacial score (nSPS) is 14.8. The molecule has 0 amide bonds. The monoisotopic (exact) mass is 273 g/mol. The van der Waals surface area contributed by atoms with E-state index in [-0.39, 0.29) is 0 Å². The van der Waals surface area contributed by atoms with E-state index in [9.17, 15) is 0 Å². The van der Waals surface area contributed by atoms with Gasteiger partial charge in [0.1, 0.15) is 5.75 Å². The number of nitrogens with one attached hydrogen (secondary N) is 1. The molecule has 1 aromatic rings. The highest BCUT2D eigenvalue weighted by molar-refractivity contribution is 5.89. The number of aliphatic imine (C=N–C) groups is 1. The lowest BCUT2D eigenvalue weighted by Crippen LogP contribution is -2.14. The Labute approximate surface area is 120 Å². The van der Waals surface area contributed by atoms with Crippen molar-refractivity contribution >= 4 is 11.5 Å². The zero-order valence-electron chi connectivity index (χ0n) is 12.5. The first kappa shape index (κ1) is 14.6. The Balaban J connectivity index is 2.49. The van der Waals surface area contributed by atoms with E-state index in [1.54, 1.807) is 7.11 Å². The highest BCUT2D eigenvalue weighted by atomic mass is 16.5. The van der Waals surface area contributed by atoms with Crippen molar-refractivity contribution in [2.24, 2.45) is 10.7 Å². The lowest BCUT2D eigenvalue weighted by atomic mass is 9.98. The average molecular weight is 273 g/mol. The highest BCUT2D eigenvalue weighted by Crippen LogP contribution is 2.32. The molecule has 0 bridgehead atoms. The molecule has 4 heteroatoms. The maximum atomic E-state index is 5.86. The van der Waals surface area contributed by atoms with Gasteiger partial charge in [0.2, 0.25) is 0 Å². The molecule has 0 saturated carbocycles. The van der Waals surface area contributed by atoms with Gasteiger partial charge in [-0.1, -0.05) is 13.0 Å². The fourth-order valence-electron chi connectivity index (χ4n) is 2.50. The first-order valence-corrected chi connectivity index (χ1v) is 7.07. The Bertz CT molecular complexity index is 547. The minimum absolute atomic E-state index is 0.696. The van der Waals surface area contributed by atoms with Gasteiger partial charge in [0.15, 0.2) is 0 Å². The molecule has 0 saturated heterocycles. The van der Waals surface area contributed by atoms with Gasteiger partial charge in [0, 0.05) is 18.5 Å². The van der Waals surface area contributed by atoms with Crippen molar-refractivity contribution in [1.29, 1.82) is 0 Å². The minimum atomic E-state index is 0.696. The fourth-order valence-corrected chi connectivity index (χ4v) is 2.50. The van der Waals surface area contributed by atoms with E-state index in [1.165, 1.54) is 11.1 Å². The van der Waals surface area contributed by atoms with Gasteiger partial charge >= 0.3 is 0 Å². The summed E-state index contributed by atoms with van der Waals surface area (Å²) in [6, 6.07) is 4.28. The Hall–Kier alpha value is -1.81. The molecule has 1 heterocycles. The zero-order valence-corrected chi connectivity index (χ0v) is 12.5. The molecule has 2 rings (SSSR count). The van der Waals surface area contributed by atoms with Crippen molar-refractivity contribution < 1.29 is 4.74 Å². The van der Waals surface area contributed by atoms with Crippen LogP contribution in [-0.4, -0.2) is 20.0 Å². The predicted molar refractivity (Wildman–Crippen MR) is 84.0 cm³/mol. The molecule has 1 aliphatic rings. The molecule has 0 unspecified atom stereocenters. The van der Waals surface area contributed by atoms with Gasteiger partial charge in [-0.3, -0.25) is 0 Å². The van der Waals surface area contributed by atoms with Crippen molar-refractivity contribution in [2.45, 2.75) is 32.7 Å². The topological polar surface area (TPSA) is 59.6 Å². The van der Waals surface area contributed by atoms with E-state index in [0.29, 0.717) is 5.84 Å². The van der Waals surface area contributed by atoms with Crippen LogP contribution in [0.25, 0.3) is 5.70 Å². The number of rotatable bonds is 5. The lowest BCUT2D eigenvalue weighted by molar-refractivity contribution is 0.412. The van der Waals surface area contributed by atoms with Crippen LogP contribution >= 0.6 is 0 Å². The molecular formula is C16H23N3O. The van der Waals surface area contributed by atoms with E-state index in [4.69, 9.17) is 10.5 Å². The zero-order chi connectivity index (χ0) is 14.5. The van der Waals surface area contributed by atoms with Crippen molar-refractivity contribution in [2.75, 3.05) is 14.2 Å². The second-order valence-corrected chi connectivity index (χ2v) is 4.94. The molecule has 20 heavy (non-hydrogen) atoms. The Morgan fingerprint density at radius 2 is 2.15 bits per heavy atom. The SMILES string of the molecule is CCc1cc(C2=CCCC(N)=N2)c(OC)cc1CNC. The molecule has 4 nitrogen and oxygen atoms in total. The van der Waals surface area contributed by atoms with Gasteiger partial charge in [0.05, 0.1) is 18.6 Å². The smallest absolute Gasteiger partial charge is 0.128 e. The van der Waals surface area contributed by atoms with Gasteiger partial charge in [-0.15, -0.1) is 0 Å². The van der Waals surface area contributed by atoms with Crippen molar-refractivity contribution in [3.63, 3.8) is 0 Å². The number of allylic oxidation sites excluding steroid dienone is 1. The third kappa shape index (κ3) is 3.02. The third-order valence-corrected chi connectivity index (χ3v) is 3.55. The van der Waals surface area contributed by atoms with Crippen LogP contribution in [0, 0.1) is 0 Å². The number of hydrogen-bond donors (Lipinski definition) is 2. The van der Waals surface area contributed by atoms with E-state index in [2.05, 4.69) is 35.4 Å². The van der Waals surface area contributed by atoms with Crippen molar-refractivity contribution in [3.8, 4) is 5.75 Å². The summed E-state index contributed by atoms with van der Waals surface area (Å²) >= 11 is 0. The second kappa shape index (κ2) is 6.57. The molecule has 1 aliphatic heterocycles. The second-order valence-electron chi connectivity index (χ2n) is 4.94. The number of amidine groups is 1. The number of aryl methyl sites for hydroxylation is 1. The molecule has 1 aromatic carbocycles. The first-order chi connectivity index (χ1) is 9.69. The van der Waals surface area contributed by atoms with Gasteiger partial charge < -0.3 is 15.8 Å². The predicted octanol–water partition coefficient (Wildman–Crippen LogP) is 2.47. The fraction of sp³-hybridized carbons (Fsp3) is 0.438. The quantitative estimate of drug-likeness (QED) is 0.866. The number of methoxy groups -OCH3 is 1. The first-order valence-electron chi connectivity index (χ1n) is 7.07. The number of hydrogen-bond acceptors (Lipinski definition) is 4. The standard InChI is InChI=1S/C16H23N3O/c1-4-11-8-13(14-6-5-7-16(17)19-14)15(20-3)9-12(11)10-18-2/h6,8-9,18H,4-5,7,10H2,1-3H3,(H2,17,19). The van der Waals surface area contributed by atoms with Crippen LogP contribution in [0.15, 0.2) is 23.2 Å². The van der Waals surface area contributed by atoms with Crippen molar-refractivity contribution in [3.05, 3.63) is 34.9 Å². The molecule has 0 spiro atoms. The van der Waals surface area contributed by atoms with Gasteiger partial charge in [-0.25, -0.2) is 4.99 Å². The Morgan fingerprint density at radius 1 is 1.35 bits per heavy atom. The summed E-state index contributed by atoms with van der Waals surface area (Å²) in [7, 11) is 3.65. The van der Waals surface area contributed by atoms with Crippen LogP contribution in [-0.2, 0) is 13.0 Å². The molecule has 0 aliphatic carbocycles. The lowest BCUT2D eigenvalue weighted by Gasteiger charge is -2.17. The van der Waals surface area contributed by atoms with Crippen LogP contribution in [0.3, 0.4) is 0 Å². The molecule has 108 valence electrons. The Morgan fingerprint density at radius 3 is 2.75 bits per heavy atom. The molecule has 0 fully saturated rings. The van der Waals surface area contributed by atoms with Crippen LogP contribution in [0.5, 0.6) is 5.75 Å². The third-order valence-electron chi connectivity index (χ3n) is 3.55. The van der Waals surface area contributed by atoms with Crippen LogP contribution in [0.4, 0.5) is 0 Å². The summed E-state index contributed by atoms with van der Waals surface area (Å²) in [4.78, 5) is 4.47. The number of ether oxygens (including phenoxy) is 1. The number of nitrogens with zero attached hydrogens (tertiary/aromatic N) is 1. The number of benzene rings is 1. The van der Waals surface area contributed by atoms with Gasteiger partial charge in [-0.05, 0) is 43.1 Å². The summed E-state index contributed by atoms with van der Waals surface area (Å²) in [5, 5.41) is 3.20. The maximum absolute atomic E-state index is 5.86.